The van der Waals surface area contributed by atoms with Gasteiger partial charge in [0.25, 0.3) is 5.91 Å². The summed E-state index contributed by atoms with van der Waals surface area (Å²) in [6, 6.07) is 9.41. The molecule has 0 N–H and O–H groups in total. The summed E-state index contributed by atoms with van der Waals surface area (Å²) in [5, 5.41) is 4.46. The number of nitrogens with zero attached hydrogens (tertiary/aromatic N) is 4. The Hall–Kier alpha value is -2.34. The lowest BCUT2D eigenvalue weighted by Gasteiger charge is -2.34. The van der Waals surface area contributed by atoms with Crippen LogP contribution in [0, 0.1) is 5.92 Å². The van der Waals surface area contributed by atoms with E-state index in [0.717, 1.165) is 50.1 Å². The van der Waals surface area contributed by atoms with Gasteiger partial charge in [-0.25, -0.2) is 4.68 Å². The molecule has 1 saturated heterocycles. The number of hydrogen-bond acceptors (Lipinski definition) is 4. The molecule has 140 valence electrons. The highest BCUT2D eigenvalue weighted by Crippen LogP contribution is 2.15. The average Bonchev–Trinajstić information content (AvgIpc) is 3.16. The van der Waals surface area contributed by atoms with Gasteiger partial charge in [0, 0.05) is 32.4 Å². The molecule has 0 spiro atoms. The van der Waals surface area contributed by atoms with Crippen LogP contribution in [0.5, 0.6) is 5.75 Å². The summed E-state index contributed by atoms with van der Waals surface area (Å²) in [5.74, 6) is 1.53. The molecular weight excluding hydrogens is 328 g/mol. The predicted molar refractivity (Wildman–Crippen MR) is 102 cm³/mol. The van der Waals surface area contributed by atoms with Crippen LogP contribution in [0.25, 0.3) is 5.69 Å². The lowest BCUT2D eigenvalue weighted by atomic mass is 10.1. The van der Waals surface area contributed by atoms with E-state index >= 15 is 0 Å². The number of carbonyl (C=O) groups is 1. The van der Waals surface area contributed by atoms with E-state index in [2.05, 4.69) is 23.8 Å². The Morgan fingerprint density at radius 3 is 2.42 bits per heavy atom. The summed E-state index contributed by atoms with van der Waals surface area (Å²) in [4.78, 5) is 17.1. The normalized spacial score (nSPS) is 15.5. The van der Waals surface area contributed by atoms with Crippen molar-refractivity contribution in [3.63, 3.8) is 0 Å². The van der Waals surface area contributed by atoms with Crippen molar-refractivity contribution in [2.45, 2.75) is 20.3 Å². The maximum absolute atomic E-state index is 12.7. The Labute approximate surface area is 155 Å². The molecule has 0 aliphatic carbocycles. The number of aromatic nitrogens is 2. The average molecular weight is 356 g/mol. The molecule has 0 unspecified atom stereocenters. The van der Waals surface area contributed by atoms with E-state index in [0.29, 0.717) is 5.69 Å². The second-order valence-corrected chi connectivity index (χ2v) is 7.16. The highest BCUT2D eigenvalue weighted by Gasteiger charge is 2.23. The quantitative estimate of drug-likeness (QED) is 0.798. The first-order valence-electron chi connectivity index (χ1n) is 9.28. The zero-order valence-corrected chi connectivity index (χ0v) is 15.9. The number of rotatable bonds is 6. The first kappa shape index (κ1) is 18.5. The summed E-state index contributed by atoms with van der Waals surface area (Å²) >= 11 is 0. The minimum absolute atomic E-state index is 0.0146. The van der Waals surface area contributed by atoms with Gasteiger partial charge in [-0.3, -0.25) is 9.69 Å². The number of amides is 1. The molecule has 1 aliphatic rings. The number of hydrogen-bond donors (Lipinski definition) is 0. The molecule has 0 radical (unpaired) electrons. The van der Waals surface area contributed by atoms with Crippen molar-refractivity contribution in [2.24, 2.45) is 5.92 Å². The van der Waals surface area contributed by atoms with Gasteiger partial charge < -0.3 is 9.64 Å². The molecule has 6 heteroatoms. The van der Waals surface area contributed by atoms with Crippen LogP contribution in [0.4, 0.5) is 0 Å². The van der Waals surface area contributed by atoms with Crippen LogP contribution in [0.2, 0.25) is 0 Å². The smallest absolute Gasteiger partial charge is 0.274 e. The number of benzene rings is 1. The largest absolute Gasteiger partial charge is 0.497 e. The van der Waals surface area contributed by atoms with Crippen molar-refractivity contribution in [1.29, 1.82) is 0 Å². The molecule has 0 atom stereocenters. The van der Waals surface area contributed by atoms with E-state index in [4.69, 9.17) is 4.74 Å². The van der Waals surface area contributed by atoms with E-state index in [9.17, 15) is 4.79 Å². The first-order chi connectivity index (χ1) is 12.6. The Balaban J connectivity index is 1.58. The highest BCUT2D eigenvalue weighted by molar-refractivity contribution is 5.92. The van der Waals surface area contributed by atoms with Gasteiger partial charge in [-0.15, -0.1) is 0 Å². The number of piperazine rings is 1. The zero-order chi connectivity index (χ0) is 18.5. The Morgan fingerprint density at radius 2 is 1.81 bits per heavy atom. The Bertz CT molecular complexity index is 716. The van der Waals surface area contributed by atoms with Crippen LogP contribution in [0.3, 0.4) is 0 Å². The Morgan fingerprint density at radius 1 is 1.12 bits per heavy atom. The van der Waals surface area contributed by atoms with Gasteiger partial charge in [-0.05, 0) is 49.2 Å². The second-order valence-electron chi connectivity index (χ2n) is 7.16. The van der Waals surface area contributed by atoms with E-state index in [1.807, 2.05) is 35.4 Å². The molecule has 2 heterocycles. The predicted octanol–water partition coefficient (Wildman–Crippen LogP) is 2.68. The maximum Gasteiger partial charge on any atom is 0.274 e. The molecule has 1 aromatic heterocycles. The van der Waals surface area contributed by atoms with Gasteiger partial charge in [0.15, 0.2) is 5.69 Å². The van der Waals surface area contributed by atoms with Gasteiger partial charge in [0.05, 0.1) is 12.8 Å². The lowest BCUT2D eigenvalue weighted by molar-refractivity contribution is 0.0625. The molecule has 1 aromatic carbocycles. The molecule has 1 fully saturated rings. The summed E-state index contributed by atoms with van der Waals surface area (Å²) in [6.45, 7) is 9.04. The number of ether oxygens (including phenoxy) is 1. The standard InChI is InChI=1S/C20H28N4O2/c1-16(2)8-10-22-12-14-23(15-13-22)20(25)19-9-11-24(21-19)17-4-6-18(26-3)7-5-17/h4-7,9,11,16H,8,10,12-15H2,1-3H3. The summed E-state index contributed by atoms with van der Waals surface area (Å²) in [5.41, 5.74) is 1.40. The third-order valence-corrected chi connectivity index (χ3v) is 4.83. The number of methoxy groups -OCH3 is 1. The molecule has 0 bridgehead atoms. The van der Waals surface area contributed by atoms with Gasteiger partial charge in [0.2, 0.25) is 0 Å². The van der Waals surface area contributed by atoms with Crippen molar-refractivity contribution >= 4 is 5.91 Å². The molecule has 6 nitrogen and oxygen atoms in total. The van der Waals surface area contributed by atoms with Crippen molar-refractivity contribution in [1.82, 2.24) is 19.6 Å². The second kappa shape index (κ2) is 8.36. The number of carbonyl (C=O) groups excluding carboxylic acids is 1. The monoisotopic (exact) mass is 356 g/mol. The van der Waals surface area contributed by atoms with Crippen LogP contribution in [0.15, 0.2) is 36.5 Å². The zero-order valence-electron chi connectivity index (χ0n) is 15.9. The lowest BCUT2D eigenvalue weighted by Crippen LogP contribution is -2.49. The third kappa shape index (κ3) is 4.43. The van der Waals surface area contributed by atoms with Gasteiger partial charge in [-0.2, -0.15) is 5.10 Å². The van der Waals surface area contributed by atoms with E-state index in [-0.39, 0.29) is 5.91 Å². The molecular formula is C20H28N4O2. The van der Waals surface area contributed by atoms with E-state index < -0.39 is 0 Å². The van der Waals surface area contributed by atoms with Crippen LogP contribution in [-0.2, 0) is 0 Å². The highest BCUT2D eigenvalue weighted by atomic mass is 16.5. The summed E-state index contributed by atoms with van der Waals surface area (Å²) in [7, 11) is 1.64. The van der Waals surface area contributed by atoms with Crippen molar-refractivity contribution in [3.05, 3.63) is 42.2 Å². The van der Waals surface area contributed by atoms with Gasteiger partial charge in [0.1, 0.15) is 5.75 Å². The first-order valence-corrected chi connectivity index (χ1v) is 9.28. The van der Waals surface area contributed by atoms with Crippen LogP contribution >= 0.6 is 0 Å². The molecule has 1 amide bonds. The van der Waals surface area contributed by atoms with Gasteiger partial charge >= 0.3 is 0 Å². The molecule has 3 rings (SSSR count). The van der Waals surface area contributed by atoms with Crippen LogP contribution in [-0.4, -0.2) is 65.3 Å². The minimum atomic E-state index is 0.0146. The molecule has 0 saturated carbocycles. The minimum Gasteiger partial charge on any atom is -0.497 e. The molecule has 26 heavy (non-hydrogen) atoms. The van der Waals surface area contributed by atoms with Crippen LogP contribution < -0.4 is 4.74 Å². The summed E-state index contributed by atoms with van der Waals surface area (Å²) < 4.78 is 6.90. The van der Waals surface area contributed by atoms with Crippen molar-refractivity contribution in [3.8, 4) is 11.4 Å². The van der Waals surface area contributed by atoms with Crippen LogP contribution in [0.1, 0.15) is 30.8 Å². The fourth-order valence-corrected chi connectivity index (χ4v) is 3.09. The van der Waals surface area contributed by atoms with E-state index in [1.54, 1.807) is 17.9 Å². The summed E-state index contributed by atoms with van der Waals surface area (Å²) in [6.07, 6.45) is 3.04. The molecule has 1 aliphatic heterocycles. The van der Waals surface area contributed by atoms with Gasteiger partial charge in [-0.1, -0.05) is 13.8 Å². The van der Waals surface area contributed by atoms with Crippen molar-refractivity contribution < 1.29 is 9.53 Å². The third-order valence-electron chi connectivity index (χ3n) is 4.83. The fourth-order valence-electron chi connectivity index (χ4n) is 3.09. The maximum atomic E-state index is 12.7. The molecule has 2 aromatic rings. The fraction of sp³-hybridized carbons (Fsp3) is 0.500. The Kier molecular flexibility index (Phi) is 5.93. The van der Waals surface area contributed by atoms with Crippen molar-refractivity contribution in [2.75, 3.05) is 39.8 Å². The van der Waals surface area contributed by atoms with E-state index in [1.165, 1.54) is 6.42 Å². The topological polar surface area (TPSA) is 50.6 Å². The SMILES string of the molecule is COc1ccc(-n2ccc(C(=O)N3CCN(CCC(C)C)CC3)n2)cc1.